The van der Waals surface area contributed by atoms with Gasteiger partial charge in [0.25, 0.3) is 6.26 Å². The van der Waals surface area contributed by atoms with E-state index in [1.807, 2.05) is 6.92 Å². The average Bonchev–Trinajstić information content (AvgIpc) is 2.47. The van der Waals surface area contributed by atoms with Gasteiger partial charge in [-0.1, -0.05) is 6.07 Å². The number of carbonyl (C=O) groups excluding carboxylic acids is 2. The highest BCUT2D eigenvalue weighted by atomic mass is 16.6. The third kappa shape index (κ3) is 4.77. The zero-order valence-corrected chi connectivity index (χ0v) is 12.9. The van der Waals surface area contributed by atoms with E-state index in [2.05, 4.69) is 0 Å². The van der Waals surface area contributed by atoms with Gasteiger partial charge in [-0.25, -0.2) is 0 Å². The molecule has 0 unspecified atom stereocenters. The predicted octanol–water partition coefficient (Wildman–Crippen LogP) is 2.14. The van der Waals surface area contributed by atoms with Crippen LogP contribution in [0.1, 0.15) is 25.0 Å². The molecule has 6 nitrogen and oxygen atoms in total. The van der Waals surface area contributed by atoms with Crippen molar-refractivity contribution in [2.45, 2.75) is 27.2 Å². The first-order valence-electron chi connectivity index (χ1n) is 7.02. The van der Waals surface area contributed by atoms with E-state index >= 15 is 0 Å². The monoisotopic (exact) mass is 305 g/mol. The summed E-state index contributed by atoms with van der Waals surface area (Å²) in [4.78, 5) is 23.9. The number of rotatable bonds is 7. The molecular formula is C16H19NO5. The van der Waals surface area contributed by atoms with Gasteiger partial charge in [0.2, 0.25) is 0 Å². The maximum absolute atomic E-state index is 12.0. The van der Waals surface area contributed by atoms with Gasteiger partial charge in [-0.2, -0.15) is 0 Å². The molecule has 1 rings (SSSR count). The molecular weight excluding hydrogens is 286 g/mol. The van der Waals surface area contributed by atoms with Crippen molar-refractivity contribution in [2.75, 3.05) is 13.2 Å². The number of hydrogen-bond acceptors (Lipinski definition) is 6. The van der Waals surface area contributed by atoms with Gasteiger partial charge in [0.15, 0.2) is 5.92 Å². The Labute approximate surface area is 129 Å². The zero-order valence-electron chi connectivity index (χ0n) is 12.9. The Hall–Kier alpha value is -2.55. The standard InChI is InChI=1S/C16H19NO5/c1-4-20-15(18)14(16(19)21-5-2)9-12-6-7-13(22-10-17)8-11(12)3/h6-8,14H,4-5,9H2,1-3H3. The first kappa shape index (κ1) is 17.5. The van der Waals surface area contributed by atoms with Gasteiger partial charge < -0.3 is 14.2 Å². The second-order valence-corrected chi connectivity index (χ2v) is 4.54. The van der Waals surface area contributed by atoms with Crippen molar-refractivity contribution in [2.24, 2.45) is 5.92 Å². The maximum Gasteiger partial charge on any atom is 0.320 e. The Balaban J connectivity index is 2.96. The fourth-order valence-corrected chi connectivity index (χ4v) is 1.98. The van der Waals surface area contributed by atoms with Crippen molar-refractivity contribution < 1.29 is 23.8 Å². The predicted molar refractivity (Wildman–Crippen MR) is 77.9 cm³/mol. The van der Waals surface area contributed by atoms with Crippen LogP contribution >= 0.6 is 0 Å². The lowest BCUT2D eigenvalue weighted by molar-refractivity contribution is -0.161. The highest BCUT2D eigenvalue weighted by Gasteiger charge is 2.30. The molecule has 1 aromatic rings. The van der Waals surface area contributed by atoms with Crippen LogP contribution in [0.2, 0.25) is 0 Å². The number of benzene rings is 1. The van der Waals surface area contributed by atoms with Gasteiger partial charge >= 0.3 is 11.9 Å². The molecule has 0 N–H and O–H groups in total. The topological polar surface area (TPSA) is 85.6 Å². The van der Waals surface area contributed by atoms with E-state index in [0.29, 0.717) is 5.75 Å². The zero-order chi connectivity index (χ0) is 16.5. The first-order valence-corrected chi connectivity index (χ1v) is 7.02. The molecule has 0 saturated carbocycles. The molecule has 0 spiro atoms. The molecule has 0 radical (unpaired) electrons. The van der Waals surface area contributed by atoms with Gasteiger partial charge in [-0.15, -0.1) is 5.26 Å². The Morgan fingerprint density at radius 2 is 1.77 bits per heavy atom. The summed E-state index contributed by atoms with van der Waals surface area (Å²) in [5, 5.41) is 8.49. The van der Waals surface area contributed by atoms with E-state index in [0.717, 1.165) is 11.1 Å². The van der Waals surface area contributed by atoms with Crippen LogP contribution in [-0.4, -0.2) is 25.2 Å². The van der Waals surface area contributed by atoms with Crippen molar-refractivity contribution in [3.63, 3.8) is 0 Å². The molecule has 0 amide bonds. The molecule has 0 atom stereocenters. The molecule has 0 aliphatic heterocycles. The maximum atomic E-state index is 12.0. The van der Waals surface area contributed by atoms with Crippen LogP contribution in [-0.2, 0) is 25.5 Å². The van der Waals surface area contributed by atoms with Crippen molar-refractivity contribution in [1.82, 2.24) is 0 Å². The molecule has 0 fully saturated rings. The van der Waals surface area contributed by atoms with Crippen LogP contribution in [0.4, 0.5) is 0 Å². The molecule has 0 aromatic heterocycles. The molecule has 0 aliphatic carbocycles. The highest BCUT2D eigenvalue weighted by Crippen LogP contribution is 2.21. The third-order valence-corrected chi connectivity index (χ3v) is 3.04. The summed E-state index contributed by atoms with van der Waals surface area (Å²) in [5.74, 6) is -1.79. The lowest BCUT2D eigenvalue weighted by Gasteiger charge is -2.15. The van der Waals surface area contributed by atoms with Crippen molar-refractivity contribution in [1.29, 1.82) is 5.26 Å². The number of esters is 2. The Bertz CT molecular complexity index is 558. The smallest absolute Gasteiger partial charge is 0.320 e. The van der Waals surface area contributed by atoms with Gasteiger partial charge in [0, 0.05) is 0 Å². The van der Waals surface area contributed by atoms with Crippen LogP contribution in [0.3, 0.4) is 0 Å². The summed E-state index contributed by atoms with van der Waals surface area (Å²) in [7, 11) is 0. The van der Waals surface area contributed by atoms with Gasteiger partial charge in [-0.3, -0.25) is 9.59 Å². The quantitative estimate of drug-likeness (QED) is 0.436. The molecule has 0 aliphatic rings. The summed E-state index contributed by atoms with van der Waals surface area (Å²) in [6, 6.07) is 5.00. The molecule has 1 aromatic carbocycles. The summed E-state index contributed by atoms with van der Waals surface area (Å²) in [6.07, 6.45) is 1.77. The lowest BCUT2D eigenvalue weighted by Crippen LogP contribution is -2.30. The molecule has 118 valence electrons. The Kier molecular flexibility index (Phi) is 6.90. The molecule has 0 bridgehead atoms. The summed E-state index contributed by atoms with van der Waals surface area (Å²) >= 11 is 0. The minimum Gasteiger partial charge on any atom is -0.465 e. The van der Waals surface area contributed by atoms with E-state index in [9.17, 15) is 9.59 Å². The van der Waals surface area contributed by atoms with Crippen LogP contribution in [0.5, 0.6) is 5.75 Å². The largest absolute Gasteiger partial charge is 0.465 e. The minimum atomic E-state index is -0.999. The number of nitrogens with zero attached hydrogens (tertiary/aromatic N) is 1. The van der Waals surface area contributed by atoms with E-state index < -0.39 is 17.9 Å². The molecule has 22 heavy (non-hydrogen) atoms. The van der Waals surface area contributed by atoms with E-state index in [-0.39, 0.29) is 19.6 Å². The Morgan fingerprint density at radius 3 is 2.23 bits per heavy atom. The SMILES string of the molecule is CCOC(=O)C(Cc1ccc(OC#N)cc1C)C(=O)OCC. The van der Waals surface area contributed by atoms with Crippen LogP contribution in [0.15, 0.2) is 18.2 Å². The van der Waals surface area contributed by atoms with Gasteiger partial charge in [0.1, 0.15) is 5.75 Å². The highest BCUT2D eigenvalue weighted by molar-refractivity contribution is 5.95. The second kappa shape index (κ2) is 8.67. The fourth-order valence-electron chi connectivity index (χ4n) is 1.98. The van der Waals surface area contributed by atoms with Crippen molar-refractivity contribution in [3.05, 3.63) is 29.3 Å². The van der Waals surface area contributed by atoms with E-state index in [4.69, 9.17) is 19.5 Å². The third-order valence-electron chi connectivity index (χ3n) is 3.04. The fraction of sp³-hybridized carbons (Fsp3) is 0.438. The van der Waals surface area contributed by atoms with Gasteiger partial charge in [-0.05, 0) is 50.5 Å². The minimum absolute atomic E-state index is 0.177. The summed E-state index contributed by atoms with van der Waals surface area (Å²) in [6.45, 7) is 5.57. The van der Waals surface area contributed by atoms with Crippen LogP contribution in [0, 0.1) is 24.4 Å². The van der Waals surface area contributed by atoms with Crippen molar-refractivity contribution in [3.8, 4) is 12.0 Å². The number of hydrogen-bond donors (Lipinski definition) is 0. The Morgan fingerprint density at radius 1 is 1.18 bits per heavy atom. The van der Waals surface area contributed by atoms with E-state index in [1.165, 1.54) is 0 Å². The number of nitriles is 1. The molecule has 0 saturated heterocycles. The average molecular weight is 305 g/mol. The van der Waals surface area contributed by atoms with Crippen LogP contribution < -0.4 is 4.74 Å². The lowest BCUT2D eigenvalue weighted by atomic mass is 9.96. The second-order valence-electron chi connectivity index (χ2n) is 4.54. The van der Waals surface area contributed by atoms with Crippen molar-refractivity contribution >= 4 is 11.9 Å². The van der Waals surface area contributed by atoms with E-state index in [1.54, 1.807) is 38.3 Å². The first-order chi connectivity index (χ1) is 10.5. The van der Waals surface area contributed by atoms with Crippen LogP contribution in [0.25, 0.3) is 0 Å². The number of ether oxygens (including phenoxy) is 3. The molecule has 0 heterocycles. The van der Waals surface area contributed by atoms with Gasteiger partial charge in [0.05, 0.1) is 13.2 Å². The molecule has 6 heteroatoms. The normalized spacial score (nSPS) is 9.95. The number of aryl methyl sites for hydroxylation is 1. The summed E-state index contributed by atoms with van der Waals surface area (Å²) in [5.41, 5.74) is 1.60. The summed E-state index contributed by atoms with van der Waals surface area (Å²) < 4.78 is 14.6. The number of carbonyl (C=O) groups is 2.